The average Bonchev–Trinajstić information content (AvgIpc) is 3.07. The molecule has 30 heavy (non-hydrogen) atoms. The molecule has 4 heterocycles. The van der Waals surface area contributed by atoms with Crippen LogP contribution in [0.15, 0.2) is 18.3 Å². The number of aliphatic hydroxyl groups is 1. The lowest BCUT2D eigenvalue weighted by Crippen LogP contribution is -2.39. The fourth-order valence-electron chi connectivity index (χ4n) is 3.97. The van der Waals surface area contributed by atoms with Crippen molar-refractivity contribution in [2.75, 3.05) is 39.3 Å². The Morgan fingerprint density at radius 1 is 1.13 bits per heavy atom. The Bertz CT molecular complexity index is 893. The lowest BCUT2D eigenvalue weighted by Gasteiger charge is -2.34. The SMILES string of the molecule is CO.COc1ccc(OC2CCN(c3nc4c(c(C)c3C)C(=O)N(C)C4)CC2)cn1. The number of anilines is 1. The van der Waals surface area contributed by atoms with E-state index in [9.17, 15) is 4.79 Å². The number of ether oxygens (including phenoxy) is 2. The molecule has 162 valence electrons. The van der Waals surface area contributed by atoms with Crippen molar-refractivity contribution in [3.05, 3.63) is 40.7 Å². The van der Waals surface area contributed by atoms with Gasteiger partial charge < -0.3 is 24.4 Å². The van der Waals surface area contributed by atoms with Crippen molar-refractivity contribution < 1.29 is 19.4 Å². The maximum atomic E-state index is 12.4. The van der Waals surface area contributed by atoms with E-state index in [1.807, 2.05) is 26.1 Å². The highest BCUT2D eigenvalue weighted by Gasteiger charge is 2.31. The molecule has 0 aromatic carbocycles. The van der Waals surface area contributed by atoms with Gasteiger partial charge in [0.05, 0.1) is 31.1 Å². The number of pyridine rings is 2. The van der Waals surface area contributed by atoms with E-state index < -0.39 is 0 Å². The number of rotatable bonds is 4. The number of nitrogens with zero attached hydrogens (tertiary/aromatic N) is 4. The van der Waals surface area contributed by atoms with E-state index in [-0.39, 0.29) is 12.0 Å². The molecule has 4 rings (SSSR count). The molecule has 0 bridgehead atoms. The Balaban J connectivity index is 0.00000124. The van der Waals surface area contributed by atoms with Crippen LogP contribution in [0.1, 0.15) is 40.0 Å². The predicted molar refractivity (Wildman–Crippen MR) is 114 cm³/mol. The first-order valence-corrected chi connectivity index (χ1v) is 10.1. The second kappa shape index (κ2) is 9.30. The number of carbonyl (C=O) groups excluding carboxylic acids is 1. The standard InChI is InChI=1S/C21H26N4O3.CH4O/c1-13-14(2)20(23-17-12-24(3)21(26)19(13)17)25-9-7-15(8-10-25)28-16-5-6-18(27-4)22-11-16;1-2/h5-6,11,15H,7-10,12H2,1-4H3;2H,1H3. The number of amides is 1. The van der Waals surface area contributed by atoms with Crippen molar-refractivity contribution in [1.82, 2.24) is 14.9 Å². The smallest absolute Gasteiger partial charge is 0.256 e. The zero-order valence-corrected chi connectivity index (χ0v) is 18.3. The largest absolute Gasteiger partial charge is 0.489 e. The minimum atomic E-state index is 0.0786. The van der Waals surface area contributed by atoms with E-state index in [0.29, 0.717) is 12.4 Å². The molecule has 2 aromatic heterocycles. The third-order valence-electron chi connectivity index (χ3n) is 5.71. The first kappa shape index (κ1) is 21.8. The number of hydrogen-bond acceptors (Lipinski definition) is 7. The summed E-state index contributed by atoms with van der Waals surface area (Å²) < 4.78 is 11.2. The second-order valence-electron chi connectivity index (χ2n) is 7.51. The summed E-state index contributed by atoms with van der Waals surface area (Å²) >= 11 is 0. The van der Waals surface area contributed by atoms with Gasteiger partial charge in [0, 0.05) is 46.2 Å². The predicted octanol–water partition coefficient (Wildman–Crippen LogP) is 2.34. The van der Waals surface area contributed by atoms with E-state index in [2.05, 4.69) is 16.8 Å². The van der Waals surface area contributed by atoms with Crippen LogP contribution >= 0.6 is 0 Å². The maximum absolute atomic E-state index is 12.4. The van der Waals surface area contributed by atoms with E-state index >= 15 is 0 Å². The van der Waals surface area contributed by atoms with Crippen LogP contribution in [-0.2, 0) is 6.54 Å². The van der Waals surface area contributed by atoms with Crippen molar-refractivity contribution in [1.29, 1.82) is 0 Å². The first-order chi connectivity index (χ1) is 14.5. The Morgan fingerprint density at radius 2 is 1.83 bits per heavy atom. The van der Waals surface area contributed by atoms with E-state index in [1.165, 1.54) is 0 Å². The van der Waals surface area contributed by atoms with Gasteiger partial charge in [-0.25, -0.2) is 9.97 Å². The molecular formula is C22H30N4O4. The molecule has 2 aliphatic heterocycles. The van der Waals surface area contributed by atoms with Crippen LogP contribution in [0.25, 0.3) is 0 Å². The minimum absolute atomic E-state index is 0.0786. The zero-order chi connectivity index (χ0) is 21.8. The molecule has 0 unspecified atom stereocenters. The molecule has 1 N–H and O–H groups in total. The molecule has 0 aliphatic carbocycles. The highest BCUT2D eigenvalue weighted by atomic mass is 16.5. The van der Waals surface area contributed by atoms with Crippen LogP contribution in [0.2, 0.25) is 0 Å². The van der Waals surface area contributed by atoms with Gasteiger partial charge in [-0.05, 0) is 31.0 Å². The minimum Gasteiger partial charge on any atom is -0.489 e. The average molecular weight is 415 g/mol. The van der Waals surface area contributed by atoms with Crippen molar-refractivity contribution in [2.24, 2.45) is 0 Å². The number of piperidine rings is 1. The summed E-state index contributed by atoms with van der Waals surface area (Å²) in [6, 6.07) is 3.70. The van der Waals surface area contributed by atoms with Gasteiger partial charge in [0.1, 0.15) is 17.7 Å². The number of methoxy groups -OCH3 is 1. The van der Waals surface area contributed by atoms with Gasteiger partial charge in [0.15, 0.2) is 0 Å². The van der Waals surface area contributed by atoms with Crippen LogP contribution < -0.4 is 14.4 Å². The normalized spacial score (nSPS) is 16.1. The summed E-state index contributed by atoms with van der Waals surface area (Å²) in [5, 5.41) is 7.00. The molecule has 0 atom stereocenters. The lowest BCUT2D eigenvalue weighted by molar-refractivity contribution is 0.0815. The van der Waals surface area contributed by atoms with Crippen molar-refractivity contribution in [2.45, 2.75) is 39.3 Å². The van der Waals surface area contributed by atoms with Gasteiger partial charge in [-0.2, -0.15) is 0 Å². The quantitative estimate of drug-likeness (QED) is 0.822. The topological polar surface area (TPSA) is 88.0 Å². The van der Waals surface area contributed by atoms with Gasteiger partial charge in [0.2, 0.25) is 5.88 Å². The molecular weight excluding hydrogens is 384 g/mol. The fraction of sp³-hybridized carbons (Fsp3) is 0.500. The van der Waals surface area contributed by atoms with Crippen LogP contribution in [0.4, 0.5) is 5.82 Å². The van der Waals surface area contributed by atoms with Gasteiger partial charge in [-0.15, -0.1) is 0 Å². The van der Waals surface area contributed by atoms with Crippen molar-refractivity contribution >= 4 is 11.7 Å². The molecule has 8 nitrogen and oxygen atoms in total. The Kier molecular flexibility index (Phi) is 6.77. The monoisotopic (exact) mass is 414 g/mol. The summed E-state index contributed by atoms with van der Waals surface area (Å²) in [5.74, 6) is 2.43. The van der Waals surface area contributed by atoms with Gasteiger partial charge in [-0.1, -0.05) is 0 Å². The Labute approximate surface area is 177 Å². The number of aliphatic hydroxyl groups excluding tert-OH is 1. The third-order valence-corrected chi connectivity index (χ3v) is 5.71. The number of fused-ring (bicyclic) bond motifs is 1. The summed E-state index contributed by atoms with van der Waals surface area (Å²) in [6.07, 6.45) is 3.70. The fourth-order valence-corrected chi connectivity index (χ4v) is 3.97. The van der Waals surface area contributed by atoms with Gasteiger partial charge >= 0.3 is 0 Å². The van der Waals surface area contributed by atoms with Gasteiger partial charge in [-0.3, -0.25) is 4.79 Å². The first-order valence-electron chi connectivity index (χ1n) is 10.1. The highest BCUT2D eigenvalue weighted by Crippen LogP contribution is 2.32. The van der Waals surface area contributed by atoms with E-state index in [1.54, 1.807) is 18.2 Å². The third kappa shape index (κ3) is 4.18. The summed E-state index contributed by atoms with van der Waals surface area (Å²) in [6.45, 7) is 6.44. The summed E-state index contributed by atoms with van der Waals surface area (Å²) in [5.41, 5.74) is 3.83. The molecule has 1 fully saturated rings. The summed E-state index contributed by atoms with van der Waals surface area (Å²) in [4.78, 5) is 25.5. The van der Waals surface area contributed by atoms with E-state index in [4.69, 9.17) is 19.6 Å². The van der Waals surface area contributed by atoms with Crippen LogP contribution in [0.5, 0.6) is 11.6 Å². The van der Waals surface area contributed by atoms with E-state index in [0.717, 1.165) is 67.0 Å². The number of hydrogen-bond donors (Lipinski definition) is 1. The lowest BCUT2D eigenvalue weighted by atomic mass is 10.0. The molecule has 0 saturated carbocycles. The van der Waals surface area contributed by atoms with Crippen LogP contribution in [-0.4, -0.2) is 66.3 Å². The molecule has 0 radical (unpaired) electrons. The van der Waals surface area contributed by atoms with Crippen LogP contribution in [0, 0.1) is 13.8 Å². The highest BCUT2D eigenvalue weighted by molar-refractivity contribution is 5.99. The van der Waals surface area contributed by atoms with Crippen LogP contribution in [0.3, 0.4) is 0 Å². The molecule has 0 spiro atoms. The zero-order valence-electron chi connectivity index (χ0n) is 18.3. The molecule has 8 heteroatoms. The van der Waals surface area contributed by atoms with Gasteiger partial charge in [0.25, 0.3) is 5.91 Å². The van der Waals surface area contributed by atoms with Crippen molar-refractivity contribution in [3.63, 3.8) is 0 Å². The number of carbonyl (C=O) groups is 1. The maximum Gasteiger partial charge on any atom is 0.256 e. The Hall–Kier alpha value is -2.87. The number of aromatic nitrogens is 2. The molecule has 2 aromatic rings. The Morgan fingerprint density at radius 3 is 2.43 bits per heavy atom. The second-order valence-corrected chi connectivity index (χ2v) is 7.51. The molecule has 2 aliphatic rings. The van der Waals surface area contributed by atoms with Crippen molar-refractivity contribution in [3.8, 4) is 11.6 Å². The summed E-state index contributed by atoms with van der Waals surface area (Å²) in [7, 11) is 4.43. The molecule has 1 amide bonds. The molecule has 1 saturated heterocycles.